The number of nitrogens with one attached hydrogen (secondary N) is 1. The molecule has 0 fully saturated rings. The van der Waals surface area contributed by atoms with Crippen LogP contribution in [-0.2, 0) is 9.84 Å². The molecule has 0 atom stereocenters. The molecule has 0 aliphatic heterocycles. The molecule has 2 aromatic carbocycles. The second-order valence-electron chi connectivity index (χ2n) is 5.61. The van der Waals surface area contributed by atoms with E-state index >= 15 is 0 Å². The standard InChI is InChI=1S/C18H16N2O3S2/c1-12-8-9-14(25(2,22)23)10-15(12)17(21)20-18-19-16(11-24-18)13-6-4-3-5-7-13/h3-11H,1-2H3,(H,19,20,21). The molecule has 0 radical (unpaired) electrons. The van der Waals surface area contributed by atoms with Gasteiger partial charge in [-0.2, -0.15) is 0 Å². The van der Waals surface area contributed by atoms with E-state index in [1.807, 2.05) is 35.7 Å². The van der Waals surface area contributed by atoms with Gasteiger partial charge in [0.1, 0.15) is 0 Å². The van der Waals surface area contributed by atoms with Gasteiger partial charge >= 0.3 is 0 Å². The van der Waals surface area contributed by atoms with Crippen molar-refractivity contribution in [2.24, 2.45) is 0 Å². The van der Waals surface area contributed by atoms with Crippen LogP contribution in [0.1, 0.15) is 15.9 Å². The highest BCUT2D eigenvalue weighted by Gasteiger charge is 2.16. The van der Waals surface area contributed by atoms with Crippen LogP contribution < -0.4 is 5.32 Å². The molecule has 7 heteroatoms. The Morgan fingerprint density at radius 2 is 1.84 bits per heavy atom. The van der Waals surface area contributed by atoms with E-state index in [1.54, 1.807) is 13.0 Å². The van der Waals surface area contributed by atoms with E-state index < -0.39 is 9.84 Å². The highest BCUT2D eigenvalue weighted by molar-refractivity contribution is 7.90. The molecule has 0 bridgehead atoms. The lowest BCUT2D eigenvalue weighted by Crippen LogP contribution is -2.14. The predicted octanol–water partition coefficient (Wildman–Crippen LogP) is 3.77. The number of nitrogens with zero attached hydrogens (tertiary/aromatic N) is 1. The predicted molar refractivity (Wildman–Crippen MR) is 99.8 cm³/mol. The summed E-state index contributed by atoms with van der Waals surface area (Å²) >= 11 is 1.32. The van der Waals surface area contributed by atoms with Crippen LogP contribution in [0.2, 0.25) is 0 Å². The molecule has 0 aliphatic carbocycles. The molecule has 1 heterocycles. The monoisotopic (exact) mass is 372 g/mol. The lowest BCUT2D eigenvalue weighted by Gasteiger charge is -2.07. The fourth-order valence-corrected chi connectivity index (χ4v) is 3.68. The van der Waals surface area contributed by atoms with Gasteiger partial charge in [-0.3, -0.25) is 10.1 Å². The minimum absolute atomic E-state index is 0.118. The maximum atomic E-state index is 12.5. The Hall–Kier alpha value is -2.51. The minimum Gasteiger partial charge on any atom is -0.298 e. The Balaban J connectivity index is 1.85. The molecule has 25 heavy (non-hydrogen) atoms. The van der Waals surface area contributed by atoms with Gasteiger partial charge in [-0.05, 0) is 24.6 Å². The number of benzene rings is 2. The van der Waals surface area contributed by atoms with Gasteiger partial charge in [0.25, 0.3) is 5.91 Å². The summed E-state index contributed by atoms with van der Waals surface area (Å²) in [6.07, 6.45) is 1.12. The zero-order chi connectivity index (χ0) is 18.0. The Bertz CT molecular complexity index is 1030. The van der Waals surface area contributed by atoms with Crippen molar-refractivity contribution in [2.45, 2.75) is 11.8 Å². The van der Waals surface area contributed by atoms with Gasteiger partial charge in [-0.1, -0.05) is 36.4 Å². The molecule has 0 aliphatic rings. The summed E-state index contributed by atoms with van der Waals surface area (Å²) in [7, 11) is -3.37. The number of sulfone groups is 1. The van der Waals surface area contributed by atoms with Crippen LogP contribution in [0.5, 0.6) is 0 Å². The Morgan fingerprint density at radius 3 is 2.52 bits per heavy atom. The molecule has 1 N–H and O–H groups in total. The number of aryl methyl sites for hydroxylation is 1. The van der Waals surface area contributed by atoms with Crippen molar-refractivity contribution in [3.63, 3.8) is 0 Å². The van der Waals surface area contributed by atoms with Gasteiger partial charge in [-0.25, -0.2) is 13.4 Å². The molecule has 128 valence electrons. The van der Waals surface area contributed by atoms with Crippen molar-refractivity contribution in [3.05, 3.63) is 65.0 Å². The first-order valence-electron chi connectivity index (χ1n) is 7.47. The summed E-state index contributed by atoms with van der Waals surface area (Å²) in [5.74, 6) is -0.378. The summed E-state index contributed by atoms with van der Waals surface area (Å²) in [5.41, 5.74) is 2.76. The Kier molecular flexibility index (Phi) is 4.69. The number of anilines is 1. The molecule has 0 saturated carbocycles. The number of carbonyl (C=O) groups is 1. The maximum Gasteiger partial charge on any atom is 0.257 e. The molecular weight excluding hydrogens is 356 g/mol. The smallest absolute Gasteiger partial charge is 0.257 e. The van der Waals surface area contributed by atoms with E-state index in [0.29, 0.717) is 16.3 Å². The van der Waals surface area contributed by atoms with E-state index in [9.17, 15) is 13.2 Å². The molecule has 0 saturated heterocycles. The van der Waals surface area contributed by atoms with Gasteiger partial charge < -0.3 is 0 Å². The number of hydrogen-bond acceptors (Lipinski definition) is 5. The lowest BCUT2D eigenvalue weighted by atomic mass is 10.1. The third-order valence-corrected chi connectivity index (χ3v) is 5.54. The molecule has 0 unspecified atom stereocenters. The highest BCUT2D eigenvalue weighted by atomic mass is 32.2. The van der Waals surface area contributed by atoms with Gasteiger partial charge in [0.15, 0.2) is 15.0 Å². The van der Waals surface area contributed by atoms with Crippen LogP contribution in [0.25, 0.3) is 11.3 Å². The van der Waals surface area contributed by atoms with E-state index in [1.165, 1.54) is 23.5 Å². The first-order valence-corrected chi connectivity index (χ1v) is 10.2. The van der Waals surface area contributed by atoms with E-state index in [0.717, 1.165) is 17.5 Å². The van der Waals surface area contributed by atoms with Crippen molar-refractivity contribution in [2.75, 3.05) is 11.6 Å². The van der Waals surface area contributed by atoms with Gasteiger partial charge in [-0.15, -0.1) is 11.3 Å². The highest BCUT2D eigenvalue weighted by Crippen LogP contribution is 2.25. The first kappa shape index (κ1) is 17.3. The van der Waals surface area contributed by atoms with Crippen molar-refractivity contribution >= 4 is 32.2 Å². The molecule has 1 aromatic heterocycles. The zero-order valence-electron chi connectivity index (χ0n) is 13.7. The van der Waals surface area contributed by atoms with Crippen molar-refractivity contribution in [1.29, 1.82) is 0 Å². The number of amides is 1. The molecule has 3 rings (SSSR count). The van der Waals surface area contributed by atoms with Crippen LogP contribution in [0.4, 0.5) is 5.13 Å². The molecule has 1 amide bonds. The number of rotatable bonds is 4. The summed E-state index contributed by atoms with van der Waals surface area (Å²) in [6.45, 7) is 1.76. The third kappa shape index (κ3) is 3.94. The lowest BCUT2D eigenvalue weighted by molar-refractivity contribution is 0.102. The topological polar surface area (TPSA) is 76.1 Å². The number of thiazole rings is 1. The van der Waals surface area contributed by atoms with Crippen molar-refractivity contribution in [3.8, 4) is 11.3 Å². The summed E-state index contributed by atoms with van der Waals surface area (Å²) in [5, 5.41) is 5.07. The number of carbonyl (C=O) groups excluding carboxylic acids is 1. The average Bonchev–Trinajstić information content (AvgIpc) is 3.03. The third-order valence-electron chi connectivity index (χ3n) is 3.68. The molecular formula is C18H16N2O3S2. The van der Waals surface area contributed by atoms with Gasteiger partial charge in [0.05, 0.1) is 10.6 Å². The molecule has 0 spiro atoms. The van der Waals surface area contributed by atoms with E-state index in [2.05, 4.69) is 10.3 Å². The number of hydrogen-bond donors (Lipinski definition) is 1. The van der Waals surface area contributed by atoms with Gasteiger partial charge in [0, 0.05) is 22.8 Å². The normalized spacial score (nSPS) is 11.3. The van der Waals surface area contributed by atoms with Crippen molar-refractivity contribution < 1.29 is 13.2 Å². The average molecular weight is 372 g/mol. The Morgan fingerprint density at radius 1 is 1.12 bits per heavy atom. The Labute approximate surface area is 150 Å². The summed E-state index contributed by atoms with van der Waals surface area (Å²) < 4.78 is 23.4. The number of aromatic nitrogens is 1. The maximum absolute atomic E-state index is 12.5. The quantitative estimate of drug-likeness (QED) is 0.756. The van der Waals surface area contributed by atoms with Crippen LogP contribution in [0.3, 0.4) is 0 Å². The minimum atomic E-state index is -3.37. The fourth-order valence-electron chi connectivity index (χ4n) is 2.31. The van der Waals surface area contributed by atoms with Crippen LogP contribution in [-0.4, -0.2) is 25.6 Å². The second kappa shape index (κ2) is 6.78. The van der Waals surface area contributed by atoms with Crippen LogP contribution in [0, 0.1) is 6.92 Å². The van der Waals surface area contributed by atoms with E-state index in [-0.39, 0.29) is 10.8 Å². The van der Waals surface area contributed by atoms with Crippen molar-refractivity contribution in [1.82, 2.24) is 4.98 Å². The molecule has 5 nitrogen and oxygen atoms in total. The SMILES string of the molecule is Cc1ccc(S(C)(=O)=O)cc1C(=O)Nc1nc(-c2ccccc2)cs1. The fraction of sp³-hybridized carbons (Fsp3) is 0.111. The van der Waals surface area contributed by atoms with E-state index in [4.69, 9.17) is 0 Å². The van der Waals surface area contributed by atoms with Crippen LogP contribution in [0.15, 0.2) is 58.8 Å². The second-order valence-corrected chi connectivity index (χ2v) is 8.48. The van der Waals surface area contributed by atoms with Crippen LogP contribution >= 0.6 is 11.3 Å². The zero-order valence-corrected chi connectivity index (χ0v) is 15.3. The summed E-state index contributed by atoms with van der Waals surface area (Å²) in [6, 6.07) is 14.2. The van der Waals surface area contributed by atoms with Gasteiger partial charge in [0.2, 0.25) is 0 Å². The summed E-state index contributed by atoms with van der Waals surface area (Å²) in [4.78, 5) is 17.1. The largest absolute Gasteiger partial charge is 0.298 e. The molecule has 3 aromatic rings. The first-order chi connectivity index (χ1) is 11.8.